The first-order valence-corrected chi connectivity index (χ1v) is 4.43. The average molecular weight is 258 g/mol. The van der Waals surface area contributed by atoms with E-state index < -0.39 is 24.7 Å². The summed E-state index contributed by atoms with van der Waals surface area (Å²) in [5, 5.41) is 8.40. The summed E-state index contributed by atoms with van der Waals surface area (Å²) in [6.45, 7) is -1.02. The van der Waals surface area contributed by atoms with Gasteiger partial charge in [-0.15, -0.1) is 0 Å². The van der Waals surface area contributed by atoms with E-state index in [2.05, 4.69) is 10.8 Å². The Morgan fingerprint density at radius 3 is 2.62 bits per heavy atom. The lowest BCUT2D eigenvalue weighted by Gasteiger charge is -2.15. The quantitative estimate of drug-likeness (QED) is 0.844. The monoisotopic (exact) mass is 257 g/mol. The van der Waals surface area contributed by atoms with Crippen LogP contribution >= 0.6 is 11.6 Å². The Bertz CT molecular complexity index is 367. The third-order valence-corrected chi connectivity index (χ3v) is 1.87. The second-order valence-corrected chi connectivity index (χ2v) is 3.27. The molecule has 1 N–H and O–H groups in total. The van der Waals surface area contributed by atoms with Crippen molar-refractivity contribution in [3.05, 3.63) is 29.0 Å². The van der Waals surface area contributed by atoms with Crippen molar-refractivity contribution in [2.45, 2.75) is 12.3 Å². The molecule has 0 saturated carbocycles. The highest BCUT2D eigenvalue weighted by atomic mass is 35.5. The lowest BCUT2D eigenvalue weighted by Crippen LogP contribution is -2.34. The van der Waals surface area contributed by atoms with Gasteiger partial charge in [-0.3, -0.25) is 0 Å². The van der Waals surface area contributed by atoms with Crippen molar-refractivity contribution in [2.24, 2.45) is 0 Å². The predicted molar refractivity (Wildman–Crippen MR) is 47.8 cm³/mol. The van der Waals surface area contributed by atoms with Gasteiger partial charge in [0, 0.05) is 6.07 Å². The van der Waals surface area contributed by atoms with Crippen LogP contribution in [0.25, 0.3) is 0 Å². The van der Waals surface area contributed by atoms with E-state index in [9.17, 15) is 17.6 Å². The van der Waals surface area contributed by atoms with Crippen LogP contribution in [0.1, 0.15) is 0 Å². The molecule has 0 aliphatic rings. The predicted octanol–water partition coefficient (Wildman–Crippen LogP) is 2.58. The summed E-state index contributed by atoms with van der Waals surface area (Å²) in [5.41, 5.74) is 0. The summed E-state index contributed by atoms with van der Waals surface area (Å²) < 4.78 is 52.7. The number of benzene rings is 1. The first-order chi connectivity index (χ1) is 7.30. The van der Waals surface area contributed by atoms with E-state index in [1.165, 1.54) is 0 Å². The standard InChI is InChI=1S/C9H6ClF4O2/c10-6-3-5(11)1-2-7(6)16-4-8(15)9(12,13)14/h1,3,8,15H,4H2. The molecule has 89 valence electrons. The highest BCUT2D eigenvalue weighted by Crippen LogP contribution is 2.26. The van der Waals surface area contributed by atoms with Crippen LogP contribution in [0, 0.1) is 11.9 Å². The van der Waals surface area contributed by atoms with Gasteiger partial charge in [0.05, 0.1) is 5.02 Å². The van der Waals surface area contributed by atoms with Crippen LogP contribution in [-0.2, 0) is 0 Å². The Balaban J connectivity index is 2.62. The number of aliphatic hydroxyl groups excluding tert-OH is 1. The Kier molecular flexibility index (Phi) is 3.98. The molecular formula is C9H6ClF4O2. The van der Waals surface area contributed by atoms with E-state index >= 15 is 0 Å². The molecule has 0 amide bonds. The van der Waals surface area contributed by atoms with Gasteiger partial charge in [0.25, 0.3) is 0 Å². The van der Waals surface area contributed by atoms with Gasteiger partial charge in [0.1, 0.15) is 18.2 Å². The maximum Gasteiger partial charge on any atom is 0.417 e. The van der Waals surface area contributed by atoms with Gasteiger partial charge < -0.3 is 9.84 Å². The van der Waals surface area contributed by atoms with E-state index in [0.717, 1.165) is 12.1 Å². The van der Waals surface area contributed by atoms with Crippen molar-refractivity contribution in [2.75, 3.05) is 6.61 Å². The second-order valence-electron chi connectivity index (χ2n) is 2.86. The summed E-state index contributed by atoms with van der Waals surface area (Å²) in [5.74, 6) is -0.930. The summed E-state index contributed by atoms with van der Waals surface area (Å²) in [7, 11) is 0. The summed E-state index contributed by atoms with van der Waals surface area (Å²) in [6, 6.07) is 3.93. The molecule has 16 heavy (non-hydrogen) atoms. The number of alkyl halides is 3. The Morgan fingerprint density at radius 1 is 1.50 bits per heavy atom. The van der Waals surface area contributed by atoms with Crippen molar-refractivity contribution in [3.8, 4) is 5.75 Å². The molecule has 7 heteroatoms. The van der Waals surface area contributed by atoms with E-state index in [4.69, 9.17) is 16.7 Å². The molecule has 1 radical (unpaired) electrons. The van der Waals surface area contributed by atoms with Crippen molar-refractivity contribution in [1.82, 2.24) is 0 Å². The summed E-state index contributed by atoms with van der Waals surface area (Å²) in [6.07, 6.45) is -7.39. The maximum atomic E-state index is 12.5. The molecule has 1 unspecified atom stereocenters. The molecule has 0 saturated heterocycles. The second kappa shape index (κ2) is 4.88. The Hall–Kier alpha value is -1.01. The minimum atomic E-state index is -4.77. The largest absolute Gasteiger partial charge is 0.488 e. The highest BCUT2D eigenvalue weighted by Gasteiger charge is 2.38. The fourth-order valence-electron chi connectivity index (χ4n) is 0.799. The van der Waals surface area contributed by atoms with Gasteiger partial charge >= 0.3 is 6.18 Å². The van der Waals surface area contributed by atoms with Gasteiger partial charge in [0.2, 0.25) is 0 Å². The minimum Gasteiger partial charge on any atom is -0.488 e. The molecule has 1 atom stereocenters. The minimum absolute atomic E-state index is 0.214. The van der Waals surface area contributed by atoms with Crippen LogP contribution in [0.2, 0.25) is 5.02 Å². The van der Waals surface area contributed by atoms with Crippen LogP contribution < -0.4 is 4.74 Å². The summed E-state index contributed by atoms with van der Waals surface area (Å²) in [4.78, 5) is 0. The molecule has 1 aromatic carbocycles. The fraction of sp³-hybridized carbons (Fsp3) is 0.333. The maximum absolute atomic E-state index is 12.5. The van der Waals surface area contributed by atoms with Gasteiger partial charge in [-0.1, -0.05) is 11.6 Å². The summed E-state index contributed by atoms with van der Waals surface area (Å²) >= 11 is 5.47. The topological polar surface area (TPSA) is 29.5 Å². The van der Waals surface area contributed by atoms with Gasteiger partial charge in [-0.25, -0.2) is 4.39 Å². The van der Waals surface area contributed by atoms with Crippen LogP contribution in [0.15, 0.2) is 12.1 Å². The highest BCUT2D eigenvalue weighted by molar-refractivity contribution is 6.32. The number of hydrogen-bond donors (Lipinski definition) is 1. The van der Waals surface area contributed by atoms with Crippen molar-refractivity contribution in [3.63, 3.8) is 0 Å². The third kappa shape index (κ3) is 3.53. The molecule has 0 fully saturated rings. The molecule has 0 heterocycles. The van der Waals surface area contributed by atoms with E-state index in [0.29, 0.717) is 0 Å². The number of halogens is 5. The Morgan fingerprint density at radius 2 is 2.12 bits per heavy atom. The fourth-order valence-corrected chi connectivity index (χ4v) is 1.01. The first-order valence-electron chi connectivity index (χ1n) is 4.05. The molecular weight excluding hydrogens is 252 g/mol. The van der Waals surface area contributed by atoms with Gasteiger partial charge in [0.15, 0.2) is 6.10 Å². The van der Waals surface area contributed by atoms with Crippen molar-refractivity contribution >= 4 is 11.6 Å². The van der Waals surface area contributed by atoms with Crippen LogP contribution in [0.3, 0.4) is 0 Å². The molecule has 0 aliphatic carbocycles. The molecule has 0 spiro atoms. The molecule has 1 aromatic rings. The van der Waals surface area contributed by atoms with Crippen LogP contribution in [0.4, 0.5) is 17.6 Å². The zero-order chi connectivity index (χ0) is 12.3. The van der Waals surface area contributed by atoms with E-state index in [1.54, 1.807) is 0 Å². The van der Waals surface area contributed by atoms with Crippen LogP contribution in [-0.4, -0.2) is 24.0 Å². The average Bonchev–Trinajstić information content (AvgIpc) is 2.14. The van der Waals surface area contributed by atoms with Gasteiger partial charge in [-0.2, -0.15) is 13.2 Å². The first kappa shape index (κ1) is 13.1. The SMILES string of the molecule is OC(COc1[c]cc(F)cc1Cl)C(F)(F)F. The third-order valence-electron chi connectivity index (χ3n) is 1.59. The normalized spacial score (nSPS) is 13.6. The number of ether oxygens (including phenoxy) is 1. The number of hydrogen-bond acceptors (Lipinski definition) is 2. The zero-order valence-electron chi connectivity index (χ0n) is 7.68. The molecule has 0 aliphatic heterocycles. The molecule has 0 aromatic heterocycles. The smallest absolute Gasteiger partial charge is 0.417 e. The van der Waals surface area contributed by atoms with Crippen molar-refractivity contribution < 1.29 is 27.4 Å². The molecule has 1 rings (SSSR count). The van der Waals surface area contributed by atoms with E-state index in [-0.39, 0.29) is 10.8 Å². The van der Waals surface area contributed by atoms with Crippen LogP contribution in [0.5, 0.6) is 5.75 Å². The Labute approximate surface area is 93.4 Å². The van der Waals surface area contributed by atoms with Crippen molar-refractivity contribution in [1.29, 1.82) is 0 Å². The van der Waals surface area contributed by atoms with Gasteiger partial charge in [-0.05, 0) is 12.1 Å². The lowest BCUT2D eigenvalue weighted by molar-refractivity contribution is -0.210. The zero-order valence-corrected chi connectivity index (χ0v) is 8.44. The lowest BCUT2D eigenvalue weighted by atomic mass is 10.3. The number of rotatable bonds is 3. The molecule has 2 nitrogen and oxygen atoms in total. The van der Waals surface area contributed by atoms with E-state index in [1.807, 2.05) is 0 Å². The molecule has 0 bridgehead atoms. The number of aliphatic hydroxyl groups is 1.